The molecule has 16 heavy (non-hydrogen) atoms. The van der Waals surface area contributed by atoms with Gasteiger partial charge in [0.2, 0.25) is 11.8 Å². The lowest BCUT2D eigenvalue weighted by Gasteiger charge is -2.18. The van der Waals surface area contributed by atoms with Crippen molar-refractivity contribution in [2.45, 2.75) is 6.42 Å². The molecule has 1 unspecified atom stereocenters. The molecule has 0 saturated carbocycles. The number of thiol groups is 1. The number of ether oxygens (including phenoxy) is 1. The molecule has 1 aliphatic rings. The summed E-state index contributed by atoms with van der Waals surface area (Å²) in [6, 6.07) is 3.66. The third-order valence-corrected chi connectivity index (χ3v) is 3.21. The Kier molecular flexibility index (Phi) is 3.33. The summed E-state index contributed by atoms with van der Waals surface area (Å²) in [5.74, 6) is 1.66. The van der Waals surface area contributed by atoms with Crippen molar-refractivity contribution in [2.75, 3.05) is 24.3 Å². The largest absolute Gasteiger partial charge is 0.480 e. The van der Waals surface area contributed by atoms with Crippen LogP contribution in [0.1, 0.15) is 6.42 Å². The Bertz CT molecular complexity index is 397. The van der Waals surface area contributed by atoms with Crippen molar-refractivity contribution < 1.29 is 9.53 Å². The van der Waals surface area contributed by atoms with Crippen molar-refractivity contribution >= 4 is 24.2 Å². The van der Waals surface area contributed by atoms with Crippen molar-refractivity contribution in [3.8, 4) is 5.88 Å². The monoisotopic (exact) mass is 238 g/mol. The molecule has 1 aliphatic heterocycles. The first-order chi connectivity index (χ1) is 7.76. The molecule has 5 heteroatoms. The molecular formula is C11H14N2O2S. The van der Waals surface area contributed by atoms with E-state index in [1.165, 1.54) is 0 Å². The number of hydrogen-bond donors (Lipinski definition) is 1. The molecule has 1 atom stereocenters. The predicted octanol–water partition coefficient (Wildman–Crippen LogP) is 1.37. The smallest absolute Gasteiger partial charge is 0.237 e. The molecule has 0 aromatic carbocycles. The maximum absolute atomic E-state index is 11.8. The molecule has 0 spiro atoms. The van der Waals surface area contributed by atoms with Gasteiger partial charge in [0.1, 0.15) is 5.69 Å². The zero-order chi connectivity index (χ0) is 11.5. The van der Waals surface area contributed by atoms with Crippen LogP contribution in [0.2, 0.25) is 0 Å². The van der Waals surface area contributed by atoms with Crippen LogP contribution in [0.25, 0.3) is 0 Å². The summed E-state index contributed by atoms with van der Waals surface area (Å²) in [4.78, 5) is 17.6. The van der Waals surface area contributed by atoms with Crippen molar-refractivity contribution in [2.24, 2.45) is 5.92 Å². The van der Waals surface area contributed by atoms with E-state index in [2.05, 4.69) is 17.6 Å². The Morgan fingerprint density at radius 1 is 1.69 bits per heavy atom. The number of nitrogens with zero attached hydrogens (tertiary/aromatic N) is 2. The summed E-state index contributed by atoms with van der Waals surface area (Å²) < 4.78 is 5.15. The summed E-state index contributed by atoms with van der Waals surface area (Å²) in [6.07, 6.45) is 2.21. The van der Waals surface area contributed by atoms with Crippen LogP contribution in [0.15, 0.2) is 18.3 Å². The number of carbonyl (C=O) groups excluding carboxylic acids is 1. The lowest BCUT2D eigenvalue weighted by atomic mass is 10.1. The molecule has 0 aliphatic carbocycles. The van der Waals surface area contributed by atoms with E-state index < -0.39 is 0 Å². The van der Waals surface area contributed by atoms with Crippen LogP contribution >= 0.6 is 12.6 Å². The van der Waals surface area contributed by atoms with Gasteiger partial charge >= 0.3 is 0 Å². The minimum atomic E-state index is 0.116. The predicted molar refractivity (Wildman–Crippen MR) is 65.1 cm³/mol. The highest BCUT2D eigenvalue weighted by Gasteiger charge is 2.31. The number of carbonyl (C=O) groups is 1. The van der Waals surface area contributed by atoms with Crippen LogP contribution < -0.4 is 9.64 Å². The molecule has 4 nitrogen and oxygen atoms in total. The highest BCUT2D eigenvalue weighted by atomic mass is 32.1. The summed E-state index contributed by atoms with van der Waals surface area (Å²) in [7, 11) is 1.56. The van der Waals surface area contributed by atoms with Gasteiger partial charge in [-0.2, -0.15) is 12.6 Å². The van der Waals surface area contributed by atoms with E-state index in [-0.39, 0.29) is 5.91 Å². The van der Waals surface area contributed by atoms with Crippen molar-refractivity contribution in [1.82, 2.24) is 4.98 Å². The number of hydrogen-bond acceptors (Lipinski definition) is 4. The highest BCUT2D eigenvalue weighted by Crippen LogP contribution is 2.31. The molecule has 1 aromatic rings. The number of rotatable bonds is 3. The maximum Gasteiger partial charge on any atom is 0.237 e. The van der Waals surface area contributed by atoms with Gasteiger partial charge in [0, 0.05) is 19.2 Å². The van der Waals surface area contributed by atoms with E-state index in [1.807, 2.05) is 6.07 Å². The number of aromatic nitrogens is 1. The van der Waals surface area contributed by atoms with E-state index in [4.69, 9.17) is 4.74 Å². The van der Waals surface area contributed by atoms with Gasteiger partial charge in [0.15, 0.2) is 0 Å². The third-order valence-electron chi connectivity index (χ3n) is 2.70. The number of pyridine rings is 1. The average Bonchev–Trinajstić information content (AvgIpc) is 2.70. The zero-order valence-corrected chi connectivity index (χ0v) is 9.98. The zero-order valence-electron chi connectivity index (χ0n) is 9.09. The minimum Gasteiger partial charge on any atom is -0.480 e. The lowest BCUT2D eigenvalue weighted by molar-refractivity contribution is -0.117. The van der Waals surface area contributed by atoms with Crippen molar-refractivity contribution in [1.29, 1.82) is 0 Å². The molecule has 0 radical (unpaired) electrons. The molecule has 86 valence electrons. The fourth-order valence-corrected chi connectivity index (χ4v) is 2.13. The van der Waals surface area contributed by atoms with Crippen LogP contribution in [0.5, 0.6) is 5.88 Å². The van der Waals surface area contributed by atoms with E-state index in [9.17, 15) is 4.79 Å². The SMILES string of the molecule is COc1ncccc1N1CC(CS)CC1=O. The van der Waals surface area contributed by atoms with Crippen molar-refractivity contribution in [3.05, 3.63) is 18.3 Å². The first-order valence-corrected chi connectivity index (χ1v) is 5.79. The summed E-state index contributed by atoms with van der Waals surface area (Å²) in [5.41, 5.74) is 0.749. The lowest BCUT2D eigenvalue weighted by Crippen LogP contribution is -2.25. The first kappa shape index (κ1) is 11.3. The van der Waals surface area contributed by atoms with Gasteiger partial charge in [-0.05, 0) is 23.8 Å². The van der Waals surface area contributed by atoms with Gasteiger partial charge < -0.3 is 9.64 Å². The topological polar surface area (TPSA) is 42.4 Å². The van der Waals surface area contributed by atoms with E-state index in [0.717, 1.165) is 11.4 Å². The summed E-state index contributed by atoms with van der Waals surface area (Å²) in [5, 5.41) is 0. The van der Waals surface area contributed by atoms with Gasteiger partial charge in [-0.15, -0.1) is 0 Å². The molecule has 1 saturated heterocycles. The van der Waals surface area contributed by atoms with Crippen molar-refractivity contribution in [3.63, 3.8) is 0 Å². The minimum absolute atomic E-state index is 0.116. The van der Waals surface area contributed by atoms with E-state index in [1.54, 1.807) is 24.3 Å². The van der Waals surface area contributed by atoms with Crippen LogP contribution in [0, 0.1) is 5.92 Å². The Labute approximate surface area is 100 Å². The van der Waals surface area contributed by atoms with E-state index >= 15 is 0 Å². The quantitative estimate of drug-likeness (QED) is 0.809. The van der Waals surface area contributed by atoms with Gasteiger partial charge in [0.25, 0.3) is 0 Å². The van der Waals surface area contributed by atoms with E-state index in [0.29, 0.717) is 24.8 Å². The molecule has 2 heterocycles. The maximum atomic E-state index is 11.8. The van der Waals surface area contributed by atoms with Crippen LogP contribution in [-0.4, -0.2) is 30.3 Å². The van der Waals surface area contributed by atoms with Crippen LogP contribution in [0.4, 0.5) is 5.69 Å². The molecule has 2 rings (SSSR count). The second-order valence-corrected chi connectivity index (χ2v) is 4.15. The summed E-state index contributed by atoms with van der Waals surface area (Å²) in [6.45, 7) is 0.699. The van der Waals surface area contributed by atoms with Gasteiger partial charge in [-0.25, -0.2) is 4.98 Å². The van der Waals surface area contributed by atoms with Crippen LogP contribution in [0.3, 0.4) is 0 Å². The molecular weight excluding hydrogens is 224 g/mol. The molecule has 0 bridgehead atoms. The van der Waals surface area contributed by atoms with Gasteiger partial charge in [0.05, 0.1) is 7.11 Å². The van der Waals surface area contributed by atoms with Gasteiger partial charge in [-0.1, -0.05) is 0 Å². The fourth-order valence-electron chi connectivity index (χ4n) is 1.88. The Morgan fingerprint density at radius 3 is 3.12 bits per heavy atom. The number of amides is 1. The standard InChI is InChI=1S/C11H14N2O2S/c1-15-11-9(3-2-4-12-11)13-6-8(7-16)5-10(13)14/h2-4,8,16H,5-7H2,1H3. The highest BCUT2D eigenvalue weighted by molar-refractivity contribution is 7.80. The van der Waals surface area contributed by atoms with Crippen LogP contribution in [-0.2, 0) is 4.79 Å². The second kappa shape index (κ2) is 4.74. The first-order valence-electron chi connectivity index (χ1n) is 5.16. The summed E-state index contributed by atoms with van der Waals surface area (Å²) >= 11 is 4.23. The Morgan fingerprint density at radius 2 is 2.50 bits per heavy atom. The fraction of sp³-hybridized carbons (Fsp3) is 0.455. The normalized spacial score (nSPS) is 20.2. The van der Waals surface area contributed by atoms with Gasteiger partial charge in [-0.3, -0.25) is 4.79 Å². The molecule has 1 amide bonds. The average molecular weight is 238 g/mol. The Hall–Kier alpha value is -1.23. The molecule has 1 fully saturated rings. The number of anilines is 1. The molecule has 0 N–H and O–H groups in total. The molecule has 1 aromatic heterocycles. The Balaban J connectivity index is 2.27. The number of methoxy groups -OCH3 is 1. The third kappa shape index (κ3) is 2.00. The second-order valence-electron chi connectivity index (χ2n) is 3.79.